The number of nitrogens with two attached hydrogens (primary N) is 1. The molecule has 3 aromatic rings. The van der Waals surface area contributed by atoms with Gasteiger partial charge in [-0.05, 0) is 29.3 Å². The Morgan fingerprint density at radius 3 is 2.20 bits per heavy atom. The Hall–Kier alpha value is -3.40. The Kier molecular flexibility index (Phi) is 3.78. The van der Waals surface area contributed by atoms with Gasteiger partial charge in [0.1, 0.15) is 6.54 Å². The van der Waals surface area contributed by atoms with E-state index >= 15 is 0 Å². The third-order valence-electron chi connectivity index (χ3n) is 4.40. The van der Waals surface area contributed by atoms with E-state index < -0.39 is 0 Å². The Morgan fingerprint density at radius 1 is 0.840 bits per heavy atom. The van der Waals surface area contributed by atoms with Gasteiger partial charge in [-0.3, -0.25) is 10.5 Å². The maximum Gasteiger partial charge on any atom is 0.299 e. The fourth-order valence-electron chi connectivity index (χ4n) is 3.04. The summed E-state index contributed by atoms with van der Waals surface area (Å²) in [5.74, 6) is 0.403. The van der Waals surface area contributed by atoms with Crippen molar-refractivity contribution in [1.82, 2.24) is 5.43 Å². The van der Waals surface area contributed by atoms with E-state index in [1.54, 1.807) is 4.68 Å². The first kappa shape index (κ1) is 15.1. The summed E-state index contributed by atoms with van der Waals surface area (Å²) in [6.45, 7) is 0.579. The fraction of sp³-hybridized carbons (Fsp3) is 0.0476. The first-order chi connectivity index (χ1) is 12.2. The van der Waals surface area contributed by atoms with Crippen LogP contribution in [0, 0.1) is 0 Å². The molecule has 4 nitrogen and oxygen atoms in total. The summed E-state index contributed by atoms with van der Waals surface area (Å²) in [4.78, 5) is 12.5. The van der Waals surface area contributed by atoms with Crippen molar-refractivity contribution in [1.29, 1.82) is 0 Å². The topological polar surface area (TPSA) is 58.1 Å². The lowest BCUT2D eigenvalue weighted by Gasteiger charge is -2.07. The number of fused-ring (bicyclic) bond motifs is 1. The standard InChI is InChI=1S/C21H17N3O/c22-20-19-9-5-4-8-18(19)14-24(20)23-21(25)17-12-10-16(11-13-17)15-6-2-1-3-7-15/h1-13,22H,14H2,(H,23,25)/p+1. The predicted molar refractivity (Wildman–Crippen MR) is 98.0 cm³/mol. The summed E-state index contributed by atoms with van der Waals surface area (Å²) < 4.78 is 1.69. The van der Waals surface area contributed by atoms with Crippen LogP contribution in [-0.4, -0.2) is 16.4 Å². The van der Waals surface area contributed by atoms with Crippen molar-refractivity contribution in [3.05, 3.63) is 95.6 Å². The van der Waals surface area contributed by atoms with E-state index in [2.05, 4.69) is 5.43 Å². The van der Waals surface area contributed by atoms with Crippen LogP contribution in [-0.2, 0) is 6.54 Å². The summed E-state index contributed by atoms with van der Waals surface area (Å²) in [5.41, 5.74) is 13.9. The minimum Gasteiger partial charge on any atom is -0.285 e. The zero-order valence-electron chi connectivity index (χ0n) is 13.6. The van der Waals surface area contributed by atoms with E-state index in [0.717, 1.165) is 22.3 Å². The van der Waals surface area contributed by atoms with Gasteiger partial charge in [0.25, 0.3) is 11.7 Å². The van der Waals surface area contributed by atoms with Gasteiger partial charge in [-0.1, -0.05) is 60.7 Å². The molecule has 0 atom stereocenters. The maximum atomic E-state index is 12.5. The molecule has 0 fully saturated rings. The van der Waals surface area contributed by atoms with E-state index in [1.807, 2.05) is 78.9 Å². The average molecular weight is 328 g/mol. The molecule has 4 rings (SSSR count). The van der Waals surface area contributed by atoms with Crippen LogP contribution in [0.4, 0.5) is 0 Å². The van der Waals surface area contributed by atoms with Crippen molar-refractivity contribution in [2.45, 2.75) is 6.54 Å². The number of carbonyl (C=O) groups is 1. The van der Waals surface area contributed by atoms with Crippen molar-refractivity contribution in [2.24, 2.45) is 5.73 Å². The first-order valence-electron chi connectivity index (χ1n) is 8.17. The molecule has 0 bridgehead atoms. The number of rotatable bonds is 3. The van der Waals surface area contributed by atoms with Gasteiger partial charge in [0.2, 0.25) is 0 Å². The molecular weight excluding hydrogens is 310 g/mol. The quantitative estimate of drug-likeness (QED) is 0.726. The molecule has 0 unspecified atom stereocenters. The monoisotopic (exact) mass is 328 g/mol. The second kappa shape index (κ2) is 6.24. The van der Waals surface area contributed by atoms with Crippen LogP contribution in [0.15, 0.2) is 78.9 Å². The number of amides is 1. The fourth-order valence-corrected chi connectivity index (χ4v) is 3.04. The van der Waals surface area contributed by atoms with Crippen LogP contribution in [0.5, 0.6) is 0 Å². The third-order valence-corrected chi connectivity index (χ3v) is 4.40. The smallest absolute Gasteiger partial charge is 0.285 e. The average Bonchev–Trinajstić information content (AvgIpc) is 2.98. The van der Waals surface area contributed by atoms with Crippen LogP contribution in [0.1, 0.15) is 21.5 Å². The van der Waals surface area contributed by atoms with E-state index in [-0.39, 0.29) is 5.91 Å². The number of hydrogen-bond donors (Lipinski definition) is 2. The number of carbonyl (C=O) groups excluding carboxylic acids is 1. The van der Waals surface area contributed by atoms with Gasteiger partial charge >= 0.3 is 0 Å². The molecule has 4 heteroatoms. The summed E-state index contributed by atoms with van der Waals surface area (Å²) >= 11 is 0. The van der Waals surface area contributed by atoms with Crippen molar-refractivity contribution in [2.75, 3.05) is 0 Å². The van der Waals surface area contributed by atoms with Gasteiger partial charge in [0.05, 0.1) is 5.56 Å². The Bertz CT molecular complexity index is 960. The second-order valence-corrected chi connectivity index (χ2v) is 6.01. The molecule has 0 saturated carbocycles. The molecule has 0 spiro atoms. The van der Waals surface area contributed by atoms with Gasteiger partial charge in [0, 0.05) is 11.1 Å². The number of hydrazone groups is 1. The van der Waals surface area contributed by atoms with Gasteiger partial charge in [-0.2, -0.15) is 10.1 Å². The van der Waals surface area contributed by atoms with Gasteiger partial charge in [-0.25, -0.2) is 0 Å². The number of nitrogens with zero attached hydrogens (tertiary/aromatic N) is 1. The highest BCUT2D eigenvalue weighted by molar-refractivity contribution is 5.98. The summed E-state index contributed by atoms with van der Waals surface area (Å²) in [6.07, 6.45) is 0. The number of hydrazine groups is 1. The molecular formula is C21H18N3O+. The summed E-state index contributed by atoms with van der Waals surface area (Å²) in [7, 11) is 0. The lowest BCUT2D eigenvalue weighted by molar-refractivity contribution is -0.584. The highest BCUT2D eigenvalue weighted by Gasteiger charge is 2.26. The molecule has 0 aliphatic carbocycles. The highest BCUT2D eigenvalue weighted by atomic mass is 16.2. The molecule has 0 saturated heterocycles. The molecule has 122 valence electrons. The zero-order valence-corrected chi connectivity index (χ0v) is 13.6. The van der Waals surface area contributed by atoms with Crippen LogP contribution < -0.4 is 11.2 Å². The minimum absolute atomic E-state index is 0.171. The minimum atomic E-state index is -0.171. The second-order valence-electron chi connectivity index (χ2n) is 6.01. The highest BCUT2D eigenvalue weighted by Crippen LogP contribution is 2.19. The predicted octanol–water partition coefficient (Wildman–Crippen LogP) is 2.93. The van der Waals surface area contributed by atoms with Crippen molar-refractivity contribution in [3.8, 4) is 11.1 Å². The number of amidine groups is 1. The molecule has 25 heavy (non-hydrogen) atoms. The third kappa shape index (κ3) is 2.90. The number of nitrogens with one attached hydrogen (secondary N) is 1. The van der Waals surface area contributed by atoms with Crippen LogP contribution in [0.2, 0.25) is 0 Å². The molecule has 1 aliphatic rings. The first-order valence-corrected chi connectivity index (χ1v) is 8.17. The molecule has 3 N–H and O–H groups in total. The van der Waals surface area contributed by atoms with Crippen molar-refractivity contribution >= 4 is 11.7 Å². The van der Waals surface area contributed by atoms with Gasteiger partial charge < -0.3 is 0 Å². The normalized spacial score (nSPS) is 12.8. The van der Waals surface area contributed by atoms with E-state index in [0.29, 0.717) is 17.9 Å². The molecule has 1 heterocycles. The van der Waals surface area contributed by atoms with E-state index in [1.165, 1.54) is 0 Å². The maximum absolute atomic E-state index is 12.5. The van der Waals surface area contributed by atoms with Gasteiger partial charge in [-0.15, -0.1) is 0 Å². The Morgan fingerprint density at radius 2 is 1.48 bits per heavy atom. The lowest BCUT2D eigenvalue weighted by Crippen LogP contribution is -2.38. The summed E-state index contributed by atoms with van der Waals surface area (Å²) in [6, 6.07) is 25.5. The Labute approximate surface area is 146 Å². The molecule has 1 aliphatic heterocycles. The van der Waals surface area contributed by atoms with Crippen LogP contribution in [0.25, 0.3) is 11.1 Å². The molecule has 3 aromatic carbocycles. The lowest BCUT2D eigenvalue weighted by atomic mass is 10.0. The molecule has 0 aromatic heterocycles. The van der Waals surface area contributed by atoms with E-state index in [9.17, 15) is 4.79 Å². The van der Waals surface area contributed by atoms with Crippen molar-refractivity contribution < 1.29 is 9.48 Å². The SMILES string of the molecule is NC1=[N+](NC(=O)c2ccc(-c3ccccc3)cc2)Cc2ccccc21. The zero-order chi connectivity index (χ0) is 17.2. The number of hydrogen-bond acceptors (Lipinski definition) is 2. The van der Waals surface area contributed by atoms with E-state index in [4.69, 9.17) is 5.73 Å². The molecule has 1 amide bonds. The van der Waals surface area contributed by atoms with Gasteiger partial charge in [0.15, 0.2) is 0 Å². The number of benzene rings is 3. The largest absolute Gasteiger partial charge is 0.299 e. The van der Waals surface area contributed by atoms with Crippen molar-refractivity contribution in [3.63, 3.8) is 0 Å². The summed E-state index contributed by atoms with van der Waals surface area (Å²) in [5, 5.41) is 0. The Balaban J connectivity index is 1.52. The van der Waals surface area contributed by atoms with Crippen LogP contribution in [0.3, 0.4) is 0 Å². The van der Waals surface area contributed by atoms with Crippen LogP contribution >= 0.6 is 0 Å². The molecule has 0 radical (unpaired) electrons.